The van der Waals surface area contributed by atoms with Crippen LogP contribution >= 0.6 is 0 Å². The Morgan fingerprint density at radius 2 is 1.43 bits per heavy atom. The van der Waals surface area contributed by atoms with Crippen molar-refractivity contribution in [3.63, 3.8) is 0 Å². The topological polar surface area (TPSA) is 64.6 Å². The third-order valence-corrected chi connectivity index (χ3v) is 5.47. The molecule has 0 saturated carbocycles. The smallest absolute Gasteiger partial charge is 0.306 e. The molecule has 0 aliphatic carbocycles. The van der Waals surface area contributed by atoms with Crippen LogP contribution in [0.15, 0.2) is 12.2 Å². The Labute approximate surface area is 184 Å². The standard InChI is InChI=1S/C25H45NO4/c1-6-7-8-9-10-11-12-13-14-15-18-29-22(27)16-17-23(28)30-21-19-24(2,3)26-25(4,5)20-21/h14-15,21,26H,6-13,16-20H2,1-5H3. The summed E-state index contributed by atoms with van der Waals surface area (Å²) in [7, 11) is 0. The second-order valence-electron chi connectivity index (χ2n) is 9.98. The van der Waals surface area contributed by atoms with Crippen LogP contribution in [-0.4, -0.2) is 35.7 Å². The number of allylic oxidation sites excluding steroid dienone is 1. The molecule has 1 rings (SSSR count). The van der Waals surface area contributed by atoms with E-state index >= 15 is 0 Å². The Kier molecular flexibility index (Phi) is 12.3. The molecule has 0 unspecified atom stereocenters. The van der Waals surface area contributed by atoms with Gasteiger partial charge in [-0.05, 0) is 40.5 Å². The van der Waals surface area contributed by atoms with E-state index in [0.29, 0.717) is 0 Å². The molecule has 1 aliphatic rings. The number of hydrogen-bond donors (Lipinski definition) is 1. The summed E-state index contributed by atoms with van der Waals surface area (Å²) in [4.78, 5) is 24.0. The zero-order valence-corrected chi connectivity index (χ0v) is 20.1. The predicted molar refractivity (Wildman–Crippen MR) is 122 cm³/mol. The number of hydrogen-bond acceptors (Lipinski definition) is 5. The summed E-state index contributed by atoms with van der Waals surface area (Å²) in [5.41, 5.74) is -0.153. The van der Waals surface area contributed by atoms with Gasteiger partial charge in [0.2, 0.25) is 0 Å². The fourth-order valence-corrected chi connectivity index (χ4v) is 4.38. The van der Waals surface area contributed by atoms with E-state index in [1.54, 1.807) is 0 Å². The lowest BCUT2D eigenvalue weighted by molar-refractivity contribution is -0.156. The van der Waals surface area contributed by atoms with Crippen molar-refractivity contribution >= 4 is 11.9 Å². The predicted octanol–water partition coefficient (Wildman–Crippen LogP) is 5.86. The average Bonchev–Trinajstić information content (AvgIpc) is 2.61. The van der Waals surface area contributed by atoms with Gasteiger partial charge >= 0.3 is 11.9 Å². The maximum absolute atomic E-state index is 12.1. The van der Waals surface area contributed by atoms with Gasteiger partial charge in [0.25, 0.3) is 0 Å². The first-order valence-corrected chi connectivity index (χ1v) is 11.9. The lowest BCUT2D eigenvalue weighted by Gasteiger charge is -2.45. The highest BCUT2D eigenvalue weighted by Crippen LogP contribution is 2.30. The van der Waals surface area contributed by atoms with Crippen LogP contribution in [0.3, 0.4) is 0 Å². The lowest BCUT2D eigenvalue weighted by Crippen LogP contribution is -2.59. The van der Waals surface area contributed by atoms with Gasteiger partial charge in [0, 0.05) is 23.9 Å². The van der Waals surface area contributed by atoms with E-state index in [4.69, 9.17) is 9.47 Å². The Hall–Kier alpha value is -1.36. The van der Waals surface area contributed by atoms with Crippen molar-refractivity contribution in [2.45, 2.75) is 129 Å². The van der Waals surface area contributed by atoms with Gasteiger partial charge in [0.1, 0.15) is 12.7 Å². The van der Waals surface area contributed by atoms with Gasteiger partial charge in [-0.3, -0.25) is 9.59 Å². The SMILES string of the molecule is CCCCCCCCCC=CCOC(=O)CCC(=O)OC1CC(C)(C)NC(C)(C)C1. The van der Waals surface area contributed by atoms with Gasteiger partial charge in [-0.2, -0.15) is 0 Å². The van der Waals surface area contributed by atoms with Crippen molar-refractivity contribution in [3.05, 3.63) is 12.2 Å². The number of carbonyl (C=O) groups is 2. The molecule has 5 nitrogen and oxygen atoms in total. The van der Waals surface area contributed by atoms with Crippen LogP contribution in [0.5, 0.6) is 0 Å². The molecule has 0 spiro atoms. The summed E-state index contributed by atoms with van der Waals surface area (Å²) in [5, 5.41) is 3.57. The molecular formula is C25H45NO4. The van der Waals surface area contributed by atoms with Gasteiger partial charge in [0.05, 0.1) is 12.8 Å². The molecule has 1 aliphatic heterocycles. The average molecular weight is 424 g/mol. The maximum atomic E-state index is 12.1. The number of unbranched alkanes of at least 4 members (excludes halogenated alkanes) is 7. The molecule has 0 aromatic carbocycles. The van der Waals surface area contributed by atoms with E-state index in [1.807, 2.05) is 6.08 Å². The number of ether oxygens (including phenoxy) is 2. The number of nitrogens with one attached hydrogen (secondary N) is 1. The monoisotopic (exact) mass is 423 g/mol. The van der Waals surface area contributed by atoms with Gasteiger partial charge in [-0.25, -0.2) is 0 Å². The molecule has 0 amide bonds. The quantitative estimate of drug-likeness (QED) is 0.215. The number of piperidine rings is 1. The first-order chi connectivity index (χ1) is 14.1. The van der Waals surface area contributed by atoms with Crippen molar-refractivity contribution in [1.82, 2.24) is 5.32 Å². The zero-order valence-electron chi connectivity index (χ0n) is 20.1. The molecule has 0 aromatic heterocycles. The molecule has 1 saturated heterocycles. The summed E-state index contributed by atoms with van der Waals surface area (Å²) in [5.74, 6) is -0.668. The molecule has 1 N–H and O–H groups in total. The van der Waals surface area contributed by atoms with Crippen molar-refractivity contribution in [3.8, 4) is 0 Å². The largest absolute Gasteiger partial charge is 0.462 e. The lowest BCUT2D eigenvalue weighted by atomic mass is 9.81. The highest BCUT2D eigenvalue weighted by molar-refractivity contribution is 5.77. The van der Waals surface area contributed by atoms with E-state index in [1.165, 1.54) is 44.9 Å². The highest BCUT2D eigenvalue weighted by atomic mass is 16.5. The second kappa shape index (κ2) is 13.8. The van der Waals surface area contributed by atoms with E-state index in [0.717, 1.165) is 19.3 Å². The number of carbonyl (C=O) groups excluding carboxylic acids is 2. The van der Waals surface area contributed by atoms with Crippen LogP contribution in [0, 0.1) is 0 Å². The summed E-state index contributed by atoms with van der Waals surface area (Å²) >= 11 is 0. The summed E-state index contributed by atoms with van der Waals surface area (Å²) in [6.45, 7) is 11.0. The third kappa shape index (κ3) is 13.0. The third-order valence-electron chi connectivity index (χ3n) is 5.47. The van der Waals surface area contributed by atoms with Gasteiger partial charge in [-0.1, -0.05) is 57.6 Å². The summed E-state index contributed by atoms with van der Waals surface area (Å²) in [6, 6.07) is 0. The summed E-state index contributed by atoms with van der Waals surface area (Å²) < 4.78 is 10.8. The van der Waals surface area contributed by atoms with E-state index in [-0.39, 0.29) is 48.6 Å². The van der Waals surface area contributed by atoms with Crippen LogP contribution in [0.1, 0.15) is 112 Å². The molecule has 1 heterocycles. The van der Waals surface area contributed by atoms with Gasteiger partial charge < -0.3 is 14.8 Å². The highest BCUT2D eigenvalue weighted by Gasteiger charge is 2.39. The van der Waals surface area contributed by atoms with Crippen molar-refractivity contribution in [1.29, 1.82) is 0 Å². The van der Waals surface area contributed by atoms with Crippen LogP contribution in [0.25, 0.3) is 0 Å². The van der Waals surface area contributed by atoms with Crippen molar-refractivity contribution in [2.24, 2.45) is 0 Å². The minimum atomic E-state index is -0.349. The minimum Gasteiger partial charge on any atom is -0.462 e. The zero-order chi connectivity index (χ0) is 22.5. The number of esters is 2. The maximum Gasteiger partial charge on any atom is 0.306 e. The molecule has 0 bridgehead atoms. The molecule has 0 atom stereocenters. The van der Waals surface area contributed by atoms with E-state index in [2.05, 4.69) is 46.0 Å². The molecule has 0 radical (unpaired) electrons. The minimum absolute atomic E-state index is 0.0716. The Morgan fingerprint density at radius 1 is 0.867 bits per heavy atom. The second-order valence-corrected chi connectivity index (χ2v) is 9.98. The molecule has 174 valence electrons. The Balaban J connectivity index is 2.09. The van der Waals surface area contributed by atoms with Gasteiger partial charge in [-0.15, -0.1) is 0 Å². The van der Waals surface area contributed by atoms with Crippen LogP contribution in [0.2, 0.25) is 0 Å². The van der Waals surface area contributed by atoms with E-state index < -0.39 is 0 Å². The molecule has 1 fully saturated rings. The van der Waals surface area contributed by atoms with E-state index in [9.17, 15) is 9.59 Å². The molecule has 5 heteroatoms. The van der Waals surface area contributed by atoms with Crippen LogP contribution < -0.4 is 5.32 Å². The normalized spacial score (nSPS) is 18.4. The Bertz CT molecular complexity index is 523. The first-order valence-electron chi connectivity index (χ1n) is 11.9. The fraction of sp³-hybridized carbons (Fsp3) is 0.840. The van der Waals surface area contributed by atoms with Crippen molar-refractivity contribution in [2.75, 3.05) is 6.61 Å². The number of rotatable bonds is 14. The van der Waals surface area contributed by atoms with Crippen LogP contribution in [-0.2, 0) is 19.1 Å². The van der Waals surface area contributed by atoms with Crippen molar-refractivity contribution < 1.29 is 19.1 Å². The molecular weight excluding hydrogens is 378 g/mol. The molecule has 30 heavy (non-hydrogen) atoms. The fourth-order valence-electron chi connectivity index (χ4n) is 4.38. The van der Waals surface area contributed by atoms with Gasteiger partial charge in [0.15, 0.2) is 0 Å². The Morgan fingerprint density at radius 3 is 2.07 bits per heavy atom. The summed E-state index contributed by atoms with van der Waals surface area (Å²) in [6.07, 6.45) is 15.7. The van der Waals surface area contributed by atoms with Crippen LogP contribution in [0.4, 0.5) is 0 Å². The first kappa shape index (κ1) is 26.7. The molecule has 0 aromatic rings.